The molecule has 2 aromatic rings. The van der Waals surface area contributed by atoms with Crippen molar-refractivity contribution in [2.45, 2.75) is 38.5 Å². The van der Waals surface area contributed by atoms with Crippen LogP contribution in [0.25, 0.3) is 11.0 Å². The number of imidazole rings is 1. The van der Waals surface area contributed by atoms with Gasteiger partial charge in [0.2, 0.25) is 10.0 Å². The molecule has 0 bridgehead atoms. The lowest BCUT2D eigenvalue weighted by Crippen LogP contribution is -2.30. The highest BCUT2D eigenvalue weighted by atomic mass is 35.5. The van der Waals surface area contributed by atoms with Crippen LogP contribution in [0.2, 0.25) is 5.02 Å². The van der Waals surface area contributed by atoms with Gasteiger partial charge in [0.05, 0.1) is 16.8 Å². The molecule has 0 spiro atoms. The lowest BCUT2D eigenvalue weighted by Gasteiger charge is -2.10. The highest BCUT2D eigenvalue weighted by molar-refractivity contribution is 7.89. The number of nitrogens with zero attached hydrogens (tertiary/aromatic N) is 1. The van der Waals surface area contributed by atoms with Crippen molar-refractivity contribution in [3.8, 4) is 0 Å². The van der Waals surface area contributed by atoms with E-state index < -0.39 is 10.0 Å². The van der Waals surface area contributed by atoms with Gasteiger partial charge in [-0.3, -0.25) is 0 Å². The Balaban J connectivity index is 1.46. The summed E-state index contributed by atoms with van der Waals surface area (Å²) in [5.41, 5.74) is 1.79. The smallest absolute Gasteiger partial charge is 0.211 e. The molecule has 2 N–H and O–H groups in total. The highest BCUT2D eigenvalue weighted by Crippen LogP contribution is 2.25. The average molecular weight is 356 g/mol. The van der Waals surface area contributed by atoms with Crippen LogP contribution < -0.4 is 4.72 Å². The highest BCUT2D eigenvalue weighted by Gasteiger charge is 2.21. The van der Waals surface area contributed by atoms with E-state index in [1.54, 1.807) is 0 Å². The van der Waals surface area contributed by atoms with Gasteiger partial charge >= 0.3 is 0 Å². The number of aromatic amines is 1. The minimum Gasteiger partial charge on any atom is -0.342 e. The van der Waals surface area contributed by atoms with Gasteiger partial charge in [-0.15, -0.1) is 0 Å². The maximum Gasteiger partial charge on any atom is 0.211 e. The summed E-state index contributed by atoms with van der Waals surface area (Å²) >= 11 is 5.95. The largest absolute Gasteiger partial charge is 0.342 e. The van der Waals surface area contributed by atoms with Crippen molar-refractivity contribution in [1.82, 2.24) is 14.7 Å². The summed E-state index contributed by atoms with van der Waals surface area (Å²) in [5, 5.41) is 0.673. The van der Waals surface area contributed by atoms with Crippen molar-refractivity contribution in [3.05, 3.63) is 29.0 Å². The number of hydrogen-bond donors (Lipinski definition) is 2. The van der Waals surface area contributed by atoms with Crippen molar-refractivity contribution >= 4 is 32.7 Å². The summed E-state index contributed by atoms with van der Waals surface area (Å²) in [6.07, 6.45) is 5.84. The molecule has 1 aromatic heterocycles. The number of aryl methyl sites for hydroxylation is 1. The van der Waals surface area contributed by atoms with E-state index in [9.17, 15) is 8.42 Å². The molecule has 1 heterocycles. The van der Waals surface area contributed by atoms with Crippen LogP contribution in [-0.4, -0.2) is 30.7 Å². The standard InChI is InChI=1S/C16H22ClN3O2S/c17-13-7-8-14-15(10-13)20-16(19-14)6-3-9-18-23(21,22)11-12-4-1-2-5-12/h7-8,10,12,18H,1-6,9,11H2,(H,19,20). The molecule has 0 atom stereocenters. The van der Waals surface area contributed by atoms with Crippen molar-refractivity contribution in [1.29, 1.82) is 0 Å². The molecular formula is C16H22ClN3O2S. The second kappa shape index (κ2) is 7.20. The van der Waals surface area contributed by atoms with Crippen LogP contribution in [0.5, 0.6) is 0 Å². The van der Waals surface area contributed by atoms with E-state index in [-0.39, 0.29) is 5.75 Å². The maximum absolute atomic E-state index is 12.0. The summed E-state index contributed by atoms with van der Waals surface area (Å²) in [7, 11) is -3.15. The second-order valence-electron chi connectivity index (χ2n) is 6.27. The van der Waals surface area contributed by atoms with E-state index in [0.29, 0.717) is 23.9 Å². The first-order chi connectivity index (χ1) is 11.0. The molecule has 0 unspecified atom stereocenters. The number of halogens is 1. The molecule has 3 rings (SSSR count). The van der Waals surface area contributed by atoms with Crippen LogP contribution in [0.3, 0.4) is 0 Å². The monoisotopic (exact) mass is 355 g/mol. The van der Waals surface area contributed by atoms with E-state index in [1.807, 2.05) is 18.2 Å². The van der Waals surface area contributed by atoms with Crippen LogP contribution in [0.15, 0.2) is 18.2 Å². The van der Waals surface area contributed by atoms with Crippen LogP contribution in [0, 0.1) is 5.92 Å². The van der Waals surface area contributed by atoms with Crippen molar-refractivity contribution < 1.29 is 8.42 Å². The van der Waals surface area contributed by atoms with Crippen molar-refractivity contribution in [2.75, 3.05) is 12.3 Å². The molecule has 126 valence electrons. The molecule has 1 aliphatic carbocycles. The molecule has 5 nitrogen and oxygen atoms in total. The number of sulfonamides is 1. The Morgan fingerprint density at radius 3 is 2.87 bits per heavy atom. The Morgan fingerprint density at radius 2 is 2.09 bits per heavy atom. The summed E-state index contributed by atoms with van der Waals surface area (Å²) in [6, 6.07) is 5.53. The average Bonchev–Trinajstić information content (AvgIpc) is 3.11. The van der Waals surface area contributed by atoms with Crippen LogP contribution in [-0.2, 0) is 16.4 Å². The molecule has 0 saturated heterocycles. The number of hydrogen-bond acceptors (Lipinski definition) is 3. The molecule has 1 saturated carbocycles. The van der Waals surface area contributed by atoms with Crippen LogP contribution >= 0.6 is 11.6 Å². The number of H-pyrrole nitrogens is 1. The third kappa shape index (κ3) is 4.68. The van der Waals surface area contributed by atoms with Gasteiger partial charge in [-0.2, -0.15) is 0 Å². The van der Waals surface area contributed by atoms with Crippen LogP contribution in [0.4, 0.5) is 0 Å². The van der Waals surface area contributed by atoms with Gasteiger partial charge in [0.15, 0.2) is 0 Å². The number of fused-ring (bicyclic) bond motifs is 1. The summed E-state index contributed by atoms with van der Waals surface area (Å²) in [6.45, 7) is 0.451. The molecule has 1 fully saturated rings. The van der Waals surface area contributed by atoms with Gasteiger partial charge in [-0.05, 0) is 43.4 Å². The lowest BCUT2D eigenvalue weighted by atomic mass is 10.1. The molecular weight excluding hydrogens is 334 g/mol. The predicted molar refractivity (Wildman–Crippen MR) is 93.2 cm³/mol. The fraction of sp³-hybridized carbons (Fsp3) is 0.562. The van der Waals surface area contributed by atoms with E-state index in [2.05, 4.69) is 14.7 Å². The fourth-order valence-electron chi connectivity index (χ4n) is 3.18. The third-order valence-corrected chi connectivity index (χ3v) is 6.12. The molecule has 1 aliphatic rings. The zero-order chi connectivity index (χ0) is 16.3. The number of nitrogens with one attached hydrogen (secondary N) is 2. The third-order valence-electron chi connectivity index (χ3n) is 4.34. The van der Waals surface area contributed by atoms with Crippen LogP contribution in [0.1, 0.15) is 37.9 Å². The molecule has 7 heteroatoms. The Hall–Kier alpha value is -1.11. The second-order valence-corrected chi connectivity index (χ2v) is 8.56. The van der Waals surface area contributed by atoms with Gasteiger partial charge in [-0.25, -0.2) is 18.1 Å². The molecule has 23 heavy (non-hydrogen) atoms. The first kappa shape index (κ1) is 16.7. The SMILES string of the molecule is O=S(=O)(CC1CCCC1)NCCCc1nc2ccc(Cl)cc2[nH]1. The van der Waals surface area contributed by atoms with Gasteiger partial charge < -0.3 is 4.98 Å². The van der Waals surface area contributed by atoms with Gasteiger partial charge in [-0.1, -0.05) is 24.4 Å². The Kier molecular flexibility index (Phi) is 5.24. The fourth-order valence-corrected chi connectivity index (χ4v) is 4.88. The predicted octanol–water partition coefficient (Wildman–Crippen LogP) is 3.26. The summed E-state index contributed by atoms with van der Waals surface area (Å²) in [4.78, 5) is 7.70. The molecule has 1 aromatic carbocycles. The number of benzene rings is 1. The maximum atomic E-state index is 12.0. The van der Waals surface area contributed by atoms with Crippen molar-refractivity contribution in [2.24, 2.45) is 5.92 Å². The number of rotatable bonds is 7. The first-order valence-corrected chi connectivity index (χ1v) is 10.2. The van der Waals surface area contributed by atoms with Gasteiger partial charge in [0.1, 0.15) is 5.82 Å². The summed E-state index contributed by atoms with van der Waals surface area (Å²) < 4.78 is 26.8. The zero-order valence-corrected chi connectivity index (χ0v) is 14.6. The summed E-state index contributed by atoms with van der Waals surface area (Å²) in [5.74, 6) is 1.47. The lowest BCUT2D eigenvalue weighted by molar-refractivity contribution is 0.545. The van der Waals surface area contributed by atoms with E-state index in [1.165, 1.54) is 0 Å². The molecule has 0 aliphatic heterocycles. The van der Waals surface area contributed by atoms with Gasteiger partial charge in [0, 0.05) is 18.0 Å². The minimum atomic E-state index is -3.15. The topological polar surface area (TPSA) is 74.8 Å². The first-order valence-electron chi connectivity index (χ1n) is 8.13. The molecule has 0 amide bonds. The Labute approximate surface area is 141 Å². The molecule has 0 radical (unpaired) electrons. The van der Waals surface area contributed by atoms with Gasteiger partial charge in [0.25, 0.3) is 0 Å². The van der Waals surface area contributed by atoms with E-state index in [0.717, 1.165) is 49.0 Å². The van der Waals surface area contributed by atoms with E-state index >= 15 is 0 Å². The van der Waals surface area contributed by atoms with E-state index in [4.69, 9.17) is 11.6 Å². The normalized spacial score (nSPS) is 16.4. The minimum absolute atomic E-state index is 0.274. The quantitative estimate of drug-likeness (QED) is 0.748. The van der Waals surface area contributed by atoms with Crippen molar-refractivity contribution in [3.63, 3.8) is 0 Å². The zero-order valence-electron chi connectivity index (χ0n) is 13.0. The Bertz CT molecular complexity index is 767. The number of aromatic nitrogens is 2. The Morgan fingerprint density at radius 1 is 1.30 bits per heavy atom.